The van der Waals surface area contributed by atoms with Crippen LogP contribution in [0.1, 0.15) is 11.1 Å². The first kappa shape index (κ1) is 18.2. The molecule has 1 aromatic heterocycles. The van der Waals surface area contributed by atoms with Gasteiger partial charge in [-0.3, -0.25) is 4.79 Å². The van der Waals surface area contributed by atoms with Gasteiger partial charge in [-0.1, -0.05) is 41.9 Å². The van der Waals surface area contributed by atoms with Gasteiger partial charge in [-0.15, -0.1) is 0 Å². The minimum Gasteiger partial charge on any atom is -0.343 e. The molecule has 134 valence electrons. The number of hydrogen-bond donors (Lipinski definition) is 0. The Kier molecular flexibility index (Phi) is 4.87. The number of halogens is 5. The topological polar surface area (TPSA) is 22.0 Å². The molecule has 0 saturated carbocycles. The van der Waals surface area contributed by atoms with Crippen LogP contribution in [-0.4, -0.2) is 4.57 Å². The van der Waals surface area contributed by atoms with Gasteiger partial charge >= 0.3 is 6.18 Å². The summed E-state index contributed by atoms with van der Waals surface area (Å²) in [5.41, 5.74) is -0.823. The molecule has 0 amide bonds. The predicted octanol–water partition coefficient (Wildman–Crippen LogP) is 5.37. The molecule has 26 heavy (non-hydrogen) atoms. The maximum Gasteiger partial charge on any atom is 0.417 e. The van der Waals surface area contributed by atoms with Crippen LogP contribution in [0.15, 0.2) is 65.6 Å². The molecule has 0 aliphatic carbocycles. The van der Waals surface area contributed by atoms with E-state index in [1.54, 1.807) is 12.1 Å². The molecule has 2 nitrogen and oxygen atoms in total. The average Bonchev–Trinajstić information content (AvgIpc) is 2.57. The number of rotatable bonds is 3. The minimum atomic E-state index is -4.63. The first-order valence-corrected chi connectivity index (χ1v) is 7.95. The maximum atomic E-state index is 13.9. The van der Waals surface area contributed by atoms with E-state index in [0.29, 0.717) is 5.56 Å². The predicted molar refractivity (Wildman–Crippen MR) is 91.7 cm³/mol. The van der Waals surface area contributed by atoms with Crippen molar-refractivity contribution in [2.75, 3.05) is 0 Å². The van der Waals surface area contributed by atoms with Crippen molar-refractivity contribution in [3.05, 3.63) is 93.0 Å². The minimum absolute atomic E-state index is 0.0366. The van der Waals surface area contributed by atoms with Crippen molar-refractivity contribution in [2.24, 2.45) is 0 Å². The van der Waals surface area contributed by atoms with E-state index >= 15 is 0 Å². The summed E-state index contributed by atoms with van der Waals surface area (Å²) < 4.78 is 54.8. The lowest BCUT2D eigenvalue weighted by Crippen LogP contribution is -2.12. The molecule has 0 spiro atoms. The first-order valence-electron chi connectivity index (χ1n) is 7.57. The monoisotopic (exact) mass is 381 g/mol. The van der Waals surface area contributed by atoms with E-state index < -0.39 is 28.0 Å². The normalized spacial score (nSPS) is 11.6. The standard InChI is InChI=1S/C19H12ClF4NO/c20-18-14(5-3-6-15(18)19(22,23)24)17-10-13(26)8-9-25(17)11-12-4-1-2-7-16(12)21/h1-10H,11H2. The number of benzene rings is 2. The van der Waals surface area contributed by atoms with E-state index in [0.717, 1.165) is 6.07 Å². The molecule has 0 fully saturated rings. The lowest BCUT2D eigenvalue weighted by Gasteiger charge is -2.17. The van der Waals surface area contributed by atoms with Gasteiger partial charge in [-0.05, 0) is 12.1 Å². The van der Waals surface area contributed by atoms with Crippen molar-refractivity contribution in [3.8, 4) is 11.3 Å². The second kappa shape index (κ2) is 6.96. The highest BCUT2D eigenvalue weighted by Crippen LogP contribution is 2.39. The summed E-state index contributed by atoms with van der Waals surface area (Å²) in [5.74, 6) is -0.452. The van der Waals surface area contributed by atoms with Crippen LogP contribution in [0.3, 0.4) is 0 Å². The van der Waals surface area contributed by atoms with E-state index in [1.807, 2.05) is 0 Å². The molecule has 0 bridgehead atoms. The summed E-state index contributed by atoms with van der Waals surface area (Å²) >= 11 is 5.98. The molecule has 7 heteroatoms. The quantitative estimate of drug-likeness (QED) is 0.559. The second-order valence-corrected chi connectivity index (χ2v) is 6.01. The van der Waals surface area contributed by atoms with Gasteiger partial charge in [-0.2, -0.15) is 13.2 Å². The van der Waals surface area contributed by atoms with Crippen molar-refractivity contribution in [1.29, 1.82) is 0 Å². The number of alkyl halides is 3. The molecule has 3 aromatic rings. The van der Waals surface area contributed by atoms with Crippen LogP contribution in [0.25, 0.3) is 11.3 Å². The Morgan fingerprint density at radius 1 is 1.00 bits per heavy atom. The Labute approximate surface area is 151 Å². The molecule has 0 atom stereocenters. The molecule has 0 radical (unpaired) electrons. The van der Waals surface area contributed by atoms with Crippen LogP contribution in [0, 0.1) is 5.82 Å². The van der Waals surface area contributed by atoms with Gasteiger partial charge in [0.2, 0.25) is 0 Å². The number of nitrogens with zero attached hydrogens (tertiary/aromatic N) is 1. The van der Waals surface area contributed by atoms with E-state index in [-0.39, 0.29) is 17.8 Å². The van der Waals surface area contributed by atoms with Crippen molar-refractivity contribution >= 4 is 11.6 Å². The molecule has 1 heterocycles. The smallest absolute Gasteiger partial charge is 0.343 e. The summed E-state index contributed by atoms with van der Waals surface area (Å²) in [6, 6.07) is 12.0. The van der Waals surface area contributed by atoms with Crippen LogP contribution >= 0.6 is 11.6 Å². The number of aromatic nitrogens is 1. The Bertz CT molecular complexity index is 1010. The third-order valence-electron chi connectivity index (χ3n) is 3.89. The molecular formula is C19H12ClF4NO. The van der Waals surface area contributed by atoms with Crippen molar-refractivity contribution in [1.82, 2.24) is 4.57 Å². The Morgan fingerprint density at radius 2 is 1.73 bits per heavy atom. The largest absolute Gasteiger partial charge is 0.417 e. The molecule has 3 rings (SSSR count). The van der Waals surface area contributed by atoms with E-state index in [2.05, 4.69) is 0 Å². The van der Waals surface area contributed by atoms with Gasteiger partial charge < -0.3 is 4.57 Å². The van der Waals surface area contributed by atoms with Crippen LogP contribution in [0.5, 0.6) is 0 Å². The van der Waals surface area contributed by atoms with E-state index in [1.165, 1.54) is 47.2 Å². The van der Waals surface area contributed by atoms with E-state index in [9.17, 15) is 22.4 Å². The highest BCUT2D eigenvalue weighted by atomic mass is 35.5. The van der Waals surface area contributed by atoms with Crippen LogP contribution < -0.4 is 5.43 Å². The Balaban J connectivity index is 2.16. The SMILES string of the molecule is O=c1ccn(Cc2ccccc2F)c(-c2cccc(C(F)(F)F)c2Cl)c1. The number of pyridine rings is 1. The lowest BCUT2D eigenvalue weighted by molar-refractivity contribution is -0.137. The zero-order valence-electron chi connectivity index (χ0n) is 13.2. The van der Waals surface area contributed by atoms with Crippen LogP contribution in [-0.2, 0) is 12.7 Å². The van der Waals surface area contributed by atoms with Crippen molar-refractivity contribution < 1.29 is 17.6 Å². The number of hydrogen-bond acceptors (Lipinski definition) is 1. The fraction of sp³-hybridized carbons (Fsp3) is 0.105. The summed E-state index contributed by atoms with van der Waals surface area (Å²) in [5, 5.41) is -0.507. The molecule has 0 saturated heterocycles. The molecule has 0 aliphatic heterocycles. The van der Waals surface area contributed by atoms with Gasteiger partial charge in [0.25, 0.3) is 0 Å². The van der Waals surface area contributed by atoms with Gasteiger partial charge in [0.1, 0.15) is 5.82 Å². The fourth-order valence-electron chi connectivity index (χ4n) is 2.64. The van der Waals surface area contributed by atoms with Crippen molar-refractivity contribution in [3.63, 3.8) is 0 Å². The van der Waals surface area contributed by atoms with Gasteiger partial charge in [0, 0.05) is 29.5 Å². The van der Waals surface area contributed by atoms with Crippen LogP contribution in [0.2, 0.25) is 5.02 Å². The van der Waals surface area contributed by atoms with Gasteiger partial charge in [0.15, 0.2) is 5.43 Å². The molecule has 0 unspecified atom stereocenters. The highest BCUT2D eigenvalue weighted by molar-refractivity contribution is 6.34. The average molecular weight is 382 g/mol. The van der Waals surface area contributed by atoms with E-state index in [4.69, 9.17) is 11.6 Å². The van der Waals surface area contributed by atoms with Crippen molar-refractivity contribution in [2.45, 2.75) is 12.7 Å². The molecule has 0 N–H and O–H groups in total. The molecular weight excluding hydrogens is 370 g/mol. The summed E-state index contributed by atoms with van der Waals surface area (Å²) in [6.07, 6.45) is -3.22. The fourth-order valence-corrected chi connectivity index (χ4v) is 2.97. The first-order chi connectivity index (χ1) is 12.3. The summed E-state index contributed by atoms with van der Waals surface area (Å²) in [7, 11) is 0. The van der Waals surface area contributed by atoms with Gasteiger partial charge in [0.05, 0.1) is 22.8 Å². The summed E-state index contributed by atoms with van der Waals surface area (Å²) in [6.45, 7) is 0.0366. The zero-order chi connectivity index (χ0) is 18.9. The third kappa shape index (κ3) is 3.65. The Hall–Kier alpha value is -2.60. The molecule has 2 aromatic carbocycles. The maximum absolute atomic E-state index is 13.9. The van der Waals surface area contributed by atoms with Crippen LogP contribution in [0.4, 0.5) is 17.6 Å². The highest BCUT2D eigenvalue weighted by Gasteiger charge is 2.34. The summed E-state index contributed by atoms with van der Waals surface area (Å²) in [4.78, 5) is 11.8. The Morgan fingerprint density at radius 3 is 2.42 bits per heavy atom. The third-order valence-corrected chi connectivity index (χ3v) is 4.29. The second-order valence-electron chi connectivity index (χ2n) is 5.63. The lowest BCUT2D eigenvalue weighted by atomic mass is 10.1. The molecule has 0 aliphatic rings. The van der Waals surface area contributed by atoms with Gasteiger partial charge in [-0.25, -0.2) is 4.39 Å². The zero-order valence-corrected chi connectivity index (χ0v) is 14.0.